The molecule has 4 N–H and O–H groups in total. The first-order valence-corrected chi connectivity index (χ1v) is 12.8. The predicted molar refractivity (Wildman–Crippen MR) is 153 cm³/mol. The molecular formula is C30H32N6O4. The number of carbonyl (C=O) groups excluding carboxylic acids is 4. The van der Waals surface area contributed by atoms with Crippen LogP contribution in [0.2, 0.25) is 0 Å². The SMILES string of the molecule is O=C(CCC(=O)N/N=C/c1ccc(/C=N/NC(=O)CCC(=O)NCc2ccccc2)cc1)NCc1ccccc1. The Bertz CT molecular complexity index is 1210. The number of hydrogen-bond donors (Lipinski definition) is 4. The molecule has 3 aromatic carbocycles. The van der Waals surface area contributed by atoms with Gasteiger partial charge in [0.25, 0.3) is 0 Å². The zero-order valence-electron chi connectivity index (χ0n) is 22.0. The average molecular weight is 541 g/mol. The van der Waals surface area contributed by atoms with Crippen molar-refractivity contribution in [2.24, 2.45) is 10.2 Å². The summed E-state index contributed by atoms with van der Waals surface area (Å²) in [5.41, 5.74) is 8.27. The molecule has 3 rings (SSSR count). The monoisotopic (exact) mass is 540 g/mol. The highest BCUT2D eigenvalue weighted by Crippen LogP contribution is 2.02. The first-order valence-electron chi connectivity index (χ1n) is 12.8. The quantitative estimate of drug-likeness (QED) is 0.184. The van der Waals surface area contributed by atoms with Gasteiger partial charge in [0.1, 0.15) is 0 Å². The van der Waals surface area contributed by atoms with E-state index in [1.807, 2.05) is 60.7 Å². The average Bonchev–Trinajstić information content (AvgIpc) is 2.98. The lowest BCUT2D eigenvalue weighted by molar-refractivity contribution is -0.126. The highest BCUT2D eigenvalue weighted by atomic mass is 16.2. The third-order valence-corrected chi connectivity index (χ3v) is 5.57. The summed E-state index contributed by atoms with van der Waals surface area (Å²) < 4.78 is 0. The summed E-state index contributed by atoms with van der Waals surface area (Å²) in [5.74, 6) is -1.14. The van der Waals surface area contributed by atoms with Gasteiger partial charge in [-0.3, -0.25) is 19.2 Å². The maximum Gasteiger partial charge on any atom is 0.240 e. The molecule has 0 saturated heterocycles. The van der Waals surface area contributed by atoms with Crippen molar-refractivity contribution in [3.05, 3.63) is 107 Å². The third kappa shape index (κ3) is 12.0. The van der Waals surface area contributed by atoms with Crippen LogP contribution < -0.4 is 21.5 Å². The summed E-state index contributed by atoms with van der Waals surface area (Å²) in [4.78, 5) is 47.7. The van der Waals surface area contributed by atoms with Gasteiger partial charge in [-0.15, -0.1) is 0 Å². The molecule has 0 heterocycles. The van der Waals surface area contributed by atoms with Gasteiger partial charge in [-0.2, -0.15) is 10.2 Å². The fourth-order valence-electron chi connectivity index (χ4n) is 3.36. The van der Waals surface area contributed by atoms with Crippen LogP contribution in [0.4, 0.5) is 0 Å². The Kier molecular flexibility index (Phi) is 12.3. The second-order valence-electron chi connectivity index (χ2n) is 8.78. The number of nitrogens with one attached hydrogen (secondary N) is 4. The summed E-state index contributed by atoms with van der Waals surface area (Å²) in [6.45, 7) is 0.835. The van der Waals surface area contributed by atoms with Crippen LogP contribution in [-0.4, -0.2) is 36.1 Å². The van der Waals surface area contributed by atoms with Crippen LogP contribution in [0.15, 0.2) is 95.1 Å². The fraction of sp³-hybridized carbons (Fsp3) is 0.200. The van der Waals surface area contributed by atoms with Crippen molar-refractivity contribution in [3.8, 4) is 0 Å². The number of nitrogens with zero attached hydrogens (tertiary/aromatic N) is 2. The molecule has 0 aromatic heterocycles. The van der Waals surface area contributed by atoms with Crippen molar-refractivity contribution in [3.63, 3.8) is 0 Å². The largest absolute Gasteiger partial charge is 0.352 e. The second kappa shape index (κ2) is 16.7. The molecule has 0 fully saturated rings. The lowest BCUT2D eigenvalue weighted by Gasteiger charge is -2.05. The molecule has 0 radical (unpaired) electrons. The lowest BCUT2D eigenvalue weighted by atomic mass is 10.2. The van der Waals surface area contributed by atoms with E-state index in [9.17, 15) is 19.2 Å². The standard InChI is InChI=1S/C30H32N6O4/c37-27(31-19-23-7-3-1-4-8-23)15-17-29(39)35-33-21-25-11-13-26(14-12-25)22-34-36-30(40)18-16-28(38)32-20-24-9-5-2-6-10-24/h1-14,21-22H,15-20H2,(H,31,37)(H,32,38)(H,35,39)(H,36,40)/b33-21+,34-22+. The van der Waals surface area contributed by atoms with Crippen molar-refractivity contribution < 1.29 is 19.2 Å². The molecule has 0 atom stereocenters. The minimum absolute atomic E-state index is 0.0252. The molecule has 0 aliphatic heterocycles. The van der Waals surface area contributed by atoms with Crippen LogP contribution in [0.3, 0.4) is 0 Å². The zero-order chi connectivity index (χ0) is 28.4. The Balaban J connectivity index is 1.28. The van der Waals surface area contributed by atoms with Crippen molar-refractivity contribution in [2.45, 2.75) is 38.8 Å². The van der Waals surface area contributed by atoms with Crippen LogP contribution >= 0.6 is 0 Å². The molecule has 0 bridgehead atoms. The summed E-state index contributed by atoms with van der Waals surface area (Å²) in [6, 6.07) is 26.1. The minimum atomic E-state index is -0.362. The smallest absolute Gasteiger partial charge is 0.240 e. The summed E-state index contributed by atoms with van der Waals surface area (Å²) in [6.07, 6.45) is 3.16. The van der Waals surface area contributed by atoms with Crippen molar-refractivity contribution in [1.29, 1.82) is 0 Å². The Morgan fingerprint density at radius 1 is 0.500 bits per heavy atom. The maximum atomic E-state index is 11.9. The number of hydrazone groups is 2. The van der Waals surface area contributed by atoms with E-state index in [0.29, 0.717) is 13.1 Å². The Morgan fingerprint density at radius 3 is 1.23 bits per heavy atom. The van der Waals surface area contributed by atoms with E-state index in [-0.39, 0.29) is 49.3 Å². The highest BCUT2D eigenvalue weighted by Gasteiger charge is 2.07. The van der Waals surface area contributed by atoms with Crippen molar-refractivity contribution >= 4 is 36.1 Å². The van der Waals surface area contributed by atoms with Gasteiger partial charge in [-0.05, 0) is 22.3 Å². The molecule has 0 aliphatic carbocycles. The maximum absolute atomic E-state index is 11.9. The van der Waals surface area contributed by atoms with Crippen LogP contribution in [0.1, 0.15) is 47.9 Å². The van der Waals surface area contributed by atoms with E-state index >= 15 is 0 Å². The molecule has 4 amide bonds. The van der Waals surface area contributed by atoms with E-state index in [1.54, 1.807) is 24.3 Å². The molecule has 0 spiro atoms. The van der Waals surface area contributed by atoms with Crippen LogP contribution in [0.5, 0.6) is 0 Å². The van der Waals surface area contributed by atoms with Crippen LogP contribution in [-0.2, 0) is 32.3 Å². The summed E-state index contributed by atoms with van der Waals surface area (Å²) >= 11 is 0. The first-order chi connectivity index (χ1) is 19.5. The molecule has 10 nitrogen and oxygen atoms in total. The molecule has 0 unspecified atom stereocenters. The van der Waals surface area contributed by atoms with Gasteiger partial charge in [0.05, 0.1) is 12.4 Å². The number of benzene rings is 3. The molecule has 10 heteroatoms. The second-order valence-corrected chi connectivity index (χ2v) is 8.78. The third-order valence-electron chi connectivity index (χ3n) is 5.57. The van der Waals surface area contributed by atoms with Gasteiger partial charge in [-0.25, -0.2) is 10.9 Å². The van der Waals surface area contributed by atoms with Gasteiger partial charge >= 0.3 is 0 Å². The van der Waals surface area contributed by atoms with Gasteiger partial charge < -0.3 is 10.6 Å². The van der Waals surface area contributed by atoms with Crippen molar-refractivity contribution in [1.82, 2.24) is 21.5 Å². The van der Waals surface area contributed by atoms with Crippen molar-refractivity contribution in [2.75, 3.05) is 0 Å². The summed E-state index contributed by atoms with van der Waals surface area (Å²) in [7, 11) is 0. The molecule has 0 saturated carbocycles. The number of rotatable bonds is 14. The van der Waals surface area contributed by atoms with Gasteiger partial charge in [0.15, 0.2) is 0 Å². The van der Waals surface area contributed by atoms with E-state index < -0.39 is 0 Å². The van der Waals surface area contributed by atoms with Gasteiger partial charge in [0, 0.05) is 38.8 Å². The molecule has 206 valence electrons. The summed E-state index contributed by atoms with van der Waals surface area (Å²) in [5, 5.41) is 13.4. The Labute approximate surface area is 233 Å². The van der Waals surface area contributed by atoms with Crippen LogP contribution in [0.25, 0.3) is 0 Å². The lowest BCUT2D eigenvalue weighted by Crippen LogP contribution is -2.25. The fourth-order valence-corrected chi connectivity index (χ4v) is 3.36. The van der Waals surface area contributed by atoms with E-state index in [0.717, 1.165) is 22.3 Å². The van der Waals surface area contributed by atoms with E-state index in [1.165, 1.54) is 12.4 Å². The minimum Gasteiger partial charge on any atom is -0.352 e. The Morgan fingerprint density at radius 2 is 0.850 bits per heavy atom. The molecule has 3 aromatic rings. The van der Waals surface area contributed by atoms with E-state index in [2.05, 4.69) is 31.7 Å². The normalized spacial score (nSPS) is 10.8. The zero-order valence-corrected chi connectivity index (χ0v) is 22.0. The first kappa shape index (κ1) is 29.4. The van der Waals surface area contributed by atoms with Gasteiger partial charge in [0.2, 0.25) is 23.6 Å². The predicted octanol–water partition coefficient (Wildman–Crippen LogP) is 2.78. The number of amides is 4. The van der Waals surface area contributed by atoms with E-state index in [4.69, 9.17) is 0 Å². The number of carbonyl (C=O) groups is 4. The highest BCUT2D eigenvalue weighted by molar-refractivity contribution is 5.87. The van der Waals surface area contributed by atoms with Crippen LogP contribution in [0, 0.1) is 0 Å². The number of hydrogen-bond acceptors (Lipinski definition) is 6. The molecule has 40 heavy (non-hydrogen) atoms. The molecule has 0 aliphatic rings. The molecular weight excluding hydrogens is 508 g/mol. The van der Waals surface area contributed by atoms with Gasteiger partial charge in [-0.1, -0.05) is 84.9 Å². The topological polar surface area (TPSA) is 141 Å². The Hall–Kier alpha value is -5.12.